The molecule has 3 rings (SSSR count). The number of fused-ring (bicyclic) bond motifs is 3. The first kappa shape index (κ1) is 36.1. The number of ether oxygens (including phenoxy) is 4. The minimum Gasteiger partial charge on any atom is -0.463 e. The largest absolute Gasteiger partial charge is 0.463 e. The van der Waals surface area contributed by atoms with Gasteiger partial charge in [-0.05, 0) is 18.9 Å². The number of nitrogens with one attached hydrogen (secondary N) is 1. The first-order valence-electron chi connectivity index (χ1n) is 17.8. The molecule has 0 amide bonds. The molecule has 0 radical (unpaired) electrons. The fraction of sp³-hybridized carbons (Fsp3) is 0.829. The van der Waals surface area contributed by atoms with E-state index in [-0.39, 0.29) is 30.0 Å². The normalized spacial score (nSPS) is 20.2. The summed E-state index contributed by atoms with van der Waals surface area (Å²) in [4.78, 5) is 29.5. The SMILES string of the molecule is CCCCCCCCCCCCC(=O)OC[C@H]1O[C@@H]2[C@@H](Oc3nc(=N)ccn32)[C@@H]1OC(=O)CCCCCCCCCCCC. The van der Waals surface area contributed by atoms with Crippen LogP contribution in [0.2, 0.25) is 0 Å². The smallest absolute Gasteiger partial charge is 0.306 e. The van der Waals surface area contributed by atoms with E-state index in [2.05, 4.69) is 18.8 Å². The number of carbonyl (C=O) groups is 2. The molecule has 1 aromatic rings. The third-order valence-corrected chi connectivity index (χ3v) is 8.78. The molecule has 0 aliphatic carbocycles. The molecule has 0 saturated carbocycles. The molecule has 9 nitrogen and oxygen atoms in total. The predicted molar refractivity (Wildman–Crippen MR) is 170 cm³/mol. The average Bonchev–Trinajstić information content (AvgIpc) is 3.53. The van der Waals surface area contributed by atoms with E-state index in [1.54, 1.807) is 16.8 Å². The van der Waals surface area contributed by atoms with Gasteiger partial charge in [-0.3, -0.25) is 19.6 Å². The van der Waals surface area contributed by atoms with Crippen molar-refractivity contribution < 1.29 is 28.5 Å². The molecule has 4 atom stereocenters. The second-order valence-corrected chi connectivity index (χ2v) is 12.7. The zero-order chi connectivity index (χ0) is 31.4. The van der Waals surface area contributed by atoms with Gasteiger partial charge in [0.25, 0.3) is 0 Å². The highest BCUT2D eigenvalue weighted by Gasteiger charge is 2.54. The molecule has 0 bridgehead atoms. The highest BCUT2D eigenvalue weighted by atomic mass is 16.7. The highest BCUT2D eigenvalue weighted by molar-refractivity contribution is 5.70. The molecule has 2 aliphatic heterocycles. The maximum atomic E-state index is 12.9. The average molecular weight is 618 g/mol. The Hall–Kier alpha value is -2.42. The van der Waals surface area contributed by atoms with Crippen LogP contribution < -0.4 is 10.2 Å². The van der Waals surface area contributed by atoms with Gasteiger partial charge < -0.3 is 18.9 Å². The number of hydrogen-bond donors (Lipinski definition) is 1. The van der Waals surface area contributed by atoms with Gasteiger partial charge in [0.15, 0.2) is 23.9 Å². The number of aromatic nitrogens is 2. The van der Waals surface area contributed by atoms with Gasteiger partial charge in [-0.15, -0.1) is 0 Å². The molecule has 0 unspecified atom stereocenters. The third kappa shape index (κ3) is 12.9. The Balaban J connectivity index is 1.37. The highest BCUT2D eigenvalue weighted by Crippen LogP contribution is 2.40. The molecule has 1 aromatic heterocycles. The topological polar surface area (TPSA) is 113 Å². The van der Waals surface area contributed by atoms with Crippen molar-refractivity contribution in [1.82, 2.24) is 9.55 Å². The molecule has 9 heteroatoms. The third-order valence-electron chi connectivity index (χ3n) is 8.78. The maximum Gasteiger partial charge on any atom is 0.306 e. The number of carbonyl (C=O) groups excluding carboxylic acids is 2. The fourth-order valence-electron chi connectivity index (χ4n) is 6.12. The summed E-state index contributed by atoms with van der Waals surface area (Å²) in [6, 6.07) is 1.82. The first-order chi connectivity index (χ1) is 21.5. The number of unbranched alkanes of at least 4 members (excludes halogenated alkanes) is 18. The van der Waals surface area contributed by atoms with Crippen molar-refractivity contribution >= 4 is 11.9 Å². The molecule has 1 fully saturated rings. The van der Waals surface area contributed by atoms with Crippen molar-refractivity contribution in [1.29, 1.82) is 5.41 Å². The number of nitrogens with zero attached hydrogens (tertiary/aromatic N) is 2. The summed E-state index contributed by atoms with van der Waals surface area (Å²) < 4.78 is 25.4. The van der Waals surface area contributed by atoms with Crippen LogP contribution in [0.3, 0.4) is 0 Å². The lowest BCUT2D eigenvalue weighted by Gasteiger charge is -2.22. The lowest BCUT2D eigenvalue weighted by molar-refractivity contribution is -0.160. The monoisotopic (exact) mass is 617 g/mol. The van der Waals surface area contributed by atoms with E-state index >= 15 is 0 Å². The summed E-state index contributed by atoms with van der Waals surface area (Å²) in [5.41, 5.74) is 0.0863. The van der Waals surface area contributed by atoms with Crippen LogP contribution in [0.1, 0.15) is 161 Å². The van der Waals surface area contributed by atoms with Crippen LogP contribution in [-0.4, -0.2) is 46.4 Å². The van der Waals surface area contributed by atoms with Crippen molar-refractivity contribution in [2.24, 2.45) is 0 Å². The van der Waals surface area contributed by atoms with E-state index < -0.39 is 24.5 Å². The predicted octanol–water partition coefficient (Wildman–Crippen LogP) is 8.10. The maximum absolute atomic E-state index is 12.9. The van der Waals surface area contributed by atoms with Crippen molar-refractivity contribution in [3.05, 3.63) is 17.8 Å². The van der Waals surface area contributed by atoms with E-state index in [4.69, 9.17) is 24.4 Å². The summed E-state index contributed by atoms with van der Waals surface area (Å²) in [5.74, 6) is -0.547. The first-order valence-corrected chi connectivity index (χ1v) is 17.8. The summed E-state index contributed by atoms with van der Waals surface area (Å²) in [5, 5.41) is 7.81. The van der Waals surface area contributed by atoms with Crippen LogP contribution in [0.25, 0.3) is 0 Å². The van der Waals surface area contributed by atoms with Crippen LogP contribution in [0.5, 0.6) is 6.01 Å². The van der Waals surface area contributed by atoms with Crippen molar-refractivity contribution in [2.45, 2.75) is 180 Å². The molecule has 2 aliphatic rings. The zero-order valence-electron chi connectivity index (χ0n) is 27.6. The zero-order valence-corrected chi connectivity index (χ0v) is 27.6. The van der Waals surface area contributed by atoms with Gasteiger partial charge in [-0.1, -0.05) is 129 Å². The molecule has 44 heavy (non-hydrogen) atoms. The molecule has 1 saturated heterocycles. The van der Waals surface area contributed by atoms with Gasteiger partial charge in [0.05, 0.1) is 0 Å². The Kier molecular flexibility index (Phi) is 17.5. The Morgan fingerprint density at radius 1 is 0.773 bits per heavy atom. The minimum atomic E-state index is -0.725. The van der Waals surface area contributed by atoms with Crippen LogP contribution in [0.4, 0.5) is 0 Å². The van der Waals surface area contributed by atoms with Crippen LogP contribution in [0, 0.1) is 5.41 Å². The van der Waals surface area contributed by atoms with Gasteiger partial charge in [0.1, 0.15) is 12.7 Å². The van der Waals surface area contributed by atoms with E-state index in [1.165, 1.54) is 89.9 Å². The van der Waals surface area contributed by atoms with Gasteiger partial charge >= 0.3 is 17.9 Å². The standard InChI is InChI=1S/C35H59N3O6/c1-3-5-7-9-11-13-15-17-19-21-23-30(39)41-27-28-32(33-34(42-28)38-26-25-29(36)37-35(38)44-33)43-31(40)24-22-20-18-16-14-12-10-8-6-4-2/h25-26,28,32-34,36H,3-24,27H2,1-2H3/t28-,32-,33+,34-/m1/s1. The van der Waals surface area contributed by atoms with Crippen molar-refractivity contribution in [3.63, 3.8) is 0 Å². The Labute approximate surface area is 265 Å². The lowest BCUT2D eigenvalue weighted by atomic mass is 10.1. The molecule has 0 spiro atoms. The van der Waals surface area contributed by atoms with E-state index in [9.17, 15) is 9.59 Å². The molecule has 3 heterocycles. The summed E-state index contributed by atoms with van der Waals surface area (Å²) in [6.07, 6.45) is 23.9. The molecular weight excluding hydrogens is 558 g/mol. The summed E-state index contributed by atoms with van der Waals surface area (Å²) in [6.45, 7) is 4.48. The molecule has 1 N–H and O–H groups in total. The summed E-state index contributed by atoms with van der Waals surface area (Å²) in [7, 11) is 0. The number of esters is 2. The fourth-order valence-corrected chi connectivity index (χ4v) is 6.12. The second kappa shape index (κ2) is 21.3. The Bertz CT molecular complexity index is 1010. The molecule has 250 valence electrons. The van der Waals surface area contributed by atoms with Crippen LogP contribution >= 0.6 is 0 Å². The van der Waals surface area contributed by atoms with Crippen molar-refractivity contribution in [2.75, 3.05) is 6.61 Å². The molecular formula is C35H59N3O6. The Morgan fingerprint density at radius 2 is 1.27 bits per heavy atom. The van der Waals surface area contributed by atoms with E-state index in [0.29, 0.717) is 12.8 Å². The Morgan fingerprint density at radius 3 is 1.82 bits per heavy atom. The summed E-state index contributed by atoms with van der Waals surface area (Å²) >= 11 is 0. The van der Waals surface area contributed by atoms with Gasteiger partial charge in [-0.2, -0.15) is 4.98 Å². The van der Waals surface area contributed by atoms with E-state index in [0.717, 1.165) is 38.5 Å². The number of rotatable bonds is 25. The van der Waals surface area contributed by atoms with E-state index in [1.807, 2.05) is 0 Å². The van der Waals surface area contributed by atoms with Crippen molar-refractivity contribution in [3.8, 4) is 6.01 Å². The van der Waals surface area contributed by atoms with Gasteiger partial charge in [0, 0.05) is 19.0 Å². The molecule has 0 aromatic carbocycles. The number of hydrogen-bond acceptors (Lipinski definition) is 8. The quantitative estimate of drug-likeness (QED) is 0.0871. The van der Waals surface area contributed by atoms with Crippen LogP contribution in [-0.2, 0) is 23.8 Å². The lowest BCUT2D eigenvalue weighted by Crippen LogP contribution is -2.40. The minimum absolute atomic E-state index is 0.00298. The second-order valence-electron chi connectivity index (χ2n) is 12.7. The van der Waals surface area contributed by atoms with Crippen LogP contribution in [0.15, 0.2) is 12.3 Å². The van der Waals surface area contributed by atoms with Gasteiger partial charge in [0.2, 0.25) is 0 Å². The van der Waals surface area contributed by atoms with Gasteiger partial charge in [-0.25, -0.2) is 0 Å².